The molecule has 2 N–H and O–H groups in total. The van der Waals surface area contributed by atoms with Gasteiger partial charge in [-0.15, -0.1) is 0 Å². The average Bonchev–Trinajstić information content (AvgIpc) is 2.54. The Morgan fingerprint density at radius 2 is 2.05 bits per heavy atom. The van der Waals surface area contributed by atoms with Crippen LogP contribution in [0.4, 0.5) is 14.9 Å². The van der Waals surface area contributed by atoms with Crippen LogP contribution in [0.3, 0.4) is 0 Å². The number of amides is 2. The van der Waals surface area contributed by atoms with Crippen LogP contribution in [-0.2, 0) is 0 Å². The summed E-state index contributed by atoms with van der Waals surface area (Å²) < 4.78 is 18.0. The van der Waals surface area contributed by atoms with Crippen LogP contribution in [0.1, 0.15) is 0 Å². The van der Waals surface area contributed by atoms with Crippen LogP contribution in [0.15, 0.2) is 48.8 Å². The van der Waals surface area contributed by atoms with Gasteiger partial charge in [-0.3, -0.25) is 4.98 Å². The summed E-state index contributed by atoms with van der Waals surface area (Å²) in [4.78, 5) is 15.4. The standard InChI is InChI=1S/C16H14FN3O2/c17-13-5-7-14(8-6-13)20-16(21)19-10-1-2-11-22-15-4-3-9-18-12-15/h3-9,12H,10-11H2,(H2,19,20,21). The molecule has 0 aliphatic carbocycles. The molecule has 1 heterocycles. The molecular weight excluding hydrogens is 285 g/mol. The van der Waals surface area contributed by atoms with Crippen molar-refractivity contribution in [3.8, 4) is 17.6 Å². The molecule has 2 aromatic rings. The minimum atomic E-state index is -0.408. The zero-order chi connectivity index (χ0) is 15.6. The van der Waals surface area contributed by atoms with E-state index in [0.717, 1.165) is 0 Å². The van der Waals surface area contributed by atoms with Crippen molar-refractivity contribution in [3.05, 3.63) is 54.6 Å². The van der Waals surface area contributed by atoms with Crippen LogP contribution in [0, 0.1) is 17.7 Å². The van der Waals surface area contributed by atoms with Crippen LogP contribution in [0.2, 0.25) is 0 Å². The van der Waals surface area contributed by atoms with E-state index in [0.29, 0.717) is 11.4 Å². The summed E-state index contributed by atoms with van der Waals surface area (Å²) in [6.45, 7) is 0.399. The van der Waals surface area contributed by atoms with Crippen LogP contribution < -0.4 is 15.4 Å². The summed E-state index contributed by atoms with van der Waals surface area (Å²) >= 11 is 0. The van der Waals surface area contributed by atoms with Gasteiger partial charge in [-0.05, 0) is 36.4 Å². The Morgan fingerprint density at radius 3 is 2.77 bits per heavy atom. The molecule has 0 saturated heterocycles. The van der Waals surface area contributed by atoms with Crippen LogP contribution in [-0.4, -0.2) is 24.2 Å². The fraction of sp³-hybridized carbons (Fsp3) is 0.125. The first kappa shape index (κ1) is 15.3. The summed E-state index contributed by atoms with van der Waals surface area (Å²) in [5.74, 6) is 5.80. The Balaban J connectivity index is 1.65. The summed E-state index contributed by atoms with van der Waals surface area (Å²) in [5.41, 5.74) is 0.506. The molecule has 0 aliphatic rings. The second kappa shape index (κ2) is 8.27. The predicted octanol–water partition coefficient (Wildman–Crippen LogP) is 2.42. The summed E-state index contributed by atoms with van der Waals surface area (Å²) in [7, 11) is 0. The van der Waals surface area contributed by atoms with E-state index in [1.54, 1.807) is 24.5 Å². The van der Waals surface area contributed by atoms with Gasteiger partial charge in [-0.2, -0.15) is 0 Å². The monoisotopic (exact) mass is 299 g/mol. The van der Waals surface area contributed by atoms with Gasteiger partial charge in [-0.1, -0.05) is 11.8 Å². The van der Waals surface area contributed by atoms with E-state index >= 15 is 0 Å². The number of aromatic nitrogens is 1. The number of pyridine rings is 1. The second-order valence-corrected chi connectivity index (χ2v) is 4.15. The largest absolute Gasteiger partial charge is 0.479 e. The van der Waals surface area contributed by atoms with E-state index in [1.165, 1.54) is 24.3 Å². The molecule has 6 heteroatoms. The third-order valence-electron chi connectivity index (χ3n) is 2.51. The molecule has 0 fully saturated rings. The highest BCUT2D eigenvalue weighted by Gasteiger charge is 1.99. The minimum absolute atomic E-state index is 0.184. The predicted molar refractivity (Wildman–Crippen MR) is 80.9 cm³/mol. The molecule has 22 heavy (non-hydrogen) atoms. The quantitative estimate of drug-likeness (QED) is 0.852. The smallest absolute Gasteiger partial charge is 0.319 e. The number of halogens is 1. The van der Waals surface area contributed by atoms with Gasteiger partial charge < -0.3 is 15.4 Å². The highest BCUT2D eigenvalue weighted by atomic mass is 19.1. The number of carbonyl (C=O) groups excluding carboxylic acids is 1. The Kier molecular flexibility index (Phi) is 5.76. The Morgan fingerprint density at radius 1 is 1.23 bits per heavy atom. The topological polar surface area (TPSA) is 63.2 Å². The van der Waals surface area contributed by atoms with Crippen LogP contribution in [0.5, 0.6) is 5.75 Å². The van der Waals surface area contributed by atoms with E-state index < -0.39 is 6.03 Å². The van der Waals surface area contributed by atoms with Crippen LogP contribution in [0.25, 0.3) is 0 Å². The SMILES string of the molecule is O=C(NCC#CCOc1cccnc1)Nc1ccc(F)cc1. The lowest BCUT2D eigenvalue weighted by atomic mass is 10.3. The molecule has 2 amide bonds. The molecule has 0 aliphatic heterocycles. The molecule has 0 radical (unpaired) electrons. The number of hydrogen-bond donors (Lipinski definition) is 2. The first-order chi connectivity index (χ1) is 10.7. The van der Waals surface area contributed by atoms with Crippen molar-refractivity contribution in [1.82, 2.24) is 10.3 Å². The Bertz CT molecular complexity index is 663. The first-order valence-electron chi connectivity index (χ1n) is 6.53. The maximum atomic E-state index is 12.7. The third kappa shape index (κ3) is 5.51. The van der Waals surface area contributed by atoms with Crippen LogP contribution >= 0.6 is 0 Å². The Labute approximate surface area is 127 Å². The van der Waals surface area contributed by atoms with E-state index in [-0.39, 0.29) is 19.0 Å². The average molecular weight is 299 g/mol. The first-order valence-corrected chi connectivity index (χ1v) is 6.53. The number of rotatable bonds is 4. The van der Waals surface area contributed by atoms with Crippen molar-refractivity contribution in [2.24, 2.45) is 0 Å². The highest BCUT2D eigenvalue weighted by Crippen LogP contribution is 2.07. The maximum Gasteiger partial charge on any atom is 0.319 e. The van der Waals surface area contributed by atoms with Gasteiger partial charge in [0.15, 0.2) is 0 Å². The fourth-order valence-corrected chi connectivity index (χ4v) is 1.50. The third-order valence-corrected chi connectivity index (χ3v) is 2.51. The van der Waals surface area contributed by atoms with Gasteiger partial charge in [-0.25, -0.2) is 9.18 Å². The number of urea groups is 1. The Hall–Kier alpha value is -3.07. The number of benzene rings is 1. The summed E-state index contributed by atoms with van der Waals surface area (Å²) in [6, 6.07) is 8.63. The molecule has 0 unspecified atom stereocenters. The van der Waals surface area contributed by atoms with Crippen molar-refractivity contribution in [1.29, 1.82) is 0 Å². The van der Waals surface area contributed by atoms with Gasteiger partial charge in [0.25, 0.3) is 0 Å². The molecule has 112 valence electrons. The molecule has 0 atom stereocenters. The van der Waals surface area contributed by atoms with Gasteiger partial charge >= 0.3 is 6.03 Å². The van der Waals surface area contributed by atoms with Crippen molar-refractivity contribution >= 4 is 11.7 Å². The number of nitrogens with zero attached hydrogens (tertiary/aromatic N) is 1. The summed E-state index contributed by atoms with van der Waals surface area (Å²) in [6.07, 6.45) is 3.25. The lowest BCUT2D eigenvalue weighted by Gasteiger charge is -2.04. The molecule has 0 saturated carbocycles. The van der Waals surface area contributed by atoms with Gasteiger partial charge in [0.05, 0.1) is 12.7 Å². The normalized spacial score (nSPS) is 9.32. The number of ether oxygens (including phenoxy) is 1. The number of anilines is 1. The molecule has 0 bridgehead atoms. The van der Waals surface area contributed by atoms with Gasteiger partial charge in [0.1, 0.15) is 18.2 Å². The van der Waals surface area contributed by atoms with Crippen molar-refractivity contribution in [2.45, 2.75) is 0 Å². The molecule has 0 spiro atoms. The maximum absolute atomic E-state index is 12.7. The van der Waals surface area contributed by atoms with Crippen molar-refractivity contribution in [3.63, 3.8) is 0 Å². The van der Waals surface area contributed by atoms with Crippen molar-refractivity contribution in [2.75, 3.05) is 18.5 Å². The van der Waals surface area contributed by atoms with Gasteiger partial charge in [0.2, 0.25) is 0 Å². The number of hydrogen-bond acceptors (Lipinski definition) is 3. The fourth-order valence-electron chi connectivity index (χ4n) is 1.50. The van der Waals surface area contributed by atoms with E-state index in [4.69, 9.17) is 4.74 Å². The van der Waals surface area contributed by atoms with E-state index in [2.05, 4.69) is 27.5 Å². The number of nitrogens with one attached hydrogen (secondary N) is 2. The molecule has 5 nitrogen and oxygen atoms in total. The summed E-state index contributed by atoms with van der Waals surface area (Å²) in [5, 5.41) is 5.12. The van der Waals surface area contributed by atoms with Gasteiger partial charge in [0, 0.05) is 11.9 Å². The molecule has 2 rings (SSSR count). The second-order valence-electron chi connectivity index (χ2n) is 4.15. The van der Waals surface area contributed by atoms with Crippen molar-refractivity contribution < 1.29 is 13.9 Å². The van der Waals surface area contributed by atoms with E-state index in [1.807, 2.05) is 0 Å². The lowest BCUT2D eigenvalue weighted by molar-refractivity contribution is 0.253. The highest BCUT2D eigenvalue weighted by molar-refractivity contribution is 5.89. The minimum Gasteiger partial charge on any atom is -0.479 e. The molecule has 1 aromatic carbocycles. The number of carbonyl (C=O) groups is 1. The lowest BCUT2D eigenvalue weighted by Crippen LogP contribution is -2.28. The molecule has 1 aromatic heterocycles. The zero-order valence-corrected chi connectivity index (χ0v) is 11.7. The molecular formula is C16H14FN3O2. The zero-order valence-electron chi connectivity index (χ0n) is 11.7. The van der Waals surface area contributed by atoms with E-state index in [9.17, 15) is 9.18 Å².